The number of carbonyl (C=O) groups excluding carboxylic acids is 2. The Morgan fingerprint density at radius 1 is 1.00 bits per heavy atom. The number of benzene rings is 3. The molecule has 0 saturated carbocycles. The Hall–Kier alpha value is -3.88. The van der Waals surface area contributed by atoms with Crippen LogP contribution in [0.4, 0.5) is 23.2 Å². The third-order valence-electron chi connectivity index (χ3n) is 6.54. The summed E-state index contributed by atoms with van der Waals surface area (Å²) < 4.78 is 53.0. The maximum Gasteiger partial charge on any atom is 0.416 e. The Bertz CT molecular complexity index is 1280. The van der Waals surface area contributed by atoms with Crippen LogP contribution < -0.4 is 10.2 Å². The van der Waals surface area contributed by atoms with Crippen molar-refractivity contribution >= 4 is 17.5 Å². The number of halogens is 4. The van der Waals surface area contributed by atoms with Gasteiger partial charge in [0.15, 0.2) is 0 Å². The van der Waals surface area contributed by atoms with Crippen LogP contribution in [-0.2, 0) is 22.3 Å². The number of para-hydroxylation sites is 1. The molecular formula is C29H29F4N3O2. The maximum atomic E-state index is 13.8. The minimum absolute atomic E-state index is 0.0101. The maximum absolute atomic E-state index is 13.8. The molecule has 5 nitrogen and oxygen atoms in total. The molecule has 1 unspecified atom stereocenters. The summed E-state index contributed by atoms with van der Waals surface area (Å²) in [5, 5.41) is 2.57. The SMILES string of the molecule is CC1CCN(C(=O)CN(CC(=O)NCc2cc(F)cc(C(F)(F)F)c2)c2ccccc2-c2ccccc2)C1. The van der Waals surface area contributed by atoms with Gasteiger partial charge in [0.1, 0.15) is 5.82 Å². The lowest BCUT2D eigenvalue weighted by molar-refractivity contribution is -0.137. The van der Waals surface area contributed by atoms with Crippen LogP contribution in [0.5, 0.6) is 0 Å². The first-order valence-electron chi connectivity index (χ1n) is 12.4. The van der Waals surface area contributed by atoms with Gasteiger partial charge < -0.3 is 15.1 Å². The van der Waals surface area contributed by atoms with E-state index >= 15 is 0 Å². The van der Waals surface area contributed by atoms with Crippen LogP contribution in [-0.4, -0.2) is 42.9 Å². The van der Waals surface area contributed by atoms with Gasteiger partial charge in [-0.1, -0.05) is 55.5 Å². The fourth-order valence-corrected chi connectivity index (χ4v) is 4.61. The van der Waals surface area contributed by atoms with Crippen LogP contribution in [0.25, 0.3) is 11.1 Å². The topological polar surface area (TPSA) is 52.7 Å². The van der Waals surface area contributed by atoms with Gasteiger partial charge in [-0.3, -0.25) is 9.59 Å². The number of nitrogens with one attached hydrogen (secondary N) is 1. The van der Waals surface area contributed by atoms with Crippen molar-refractivity contribution in [3.8, 4) is 11.1 Å². The molecule has 0 aliphatic carbocycles. The average molecular weight is 528 g/mol. The van der Waals surface area contributed by atoms with Crippen LogP contribution in [0.1, 0.15) is 24.5 Å². The molecule has 4 rings (SSSR count). The molecule has 3 aromatic carbocycles. The molecule has 2 amide bonds. The van der Waals surface area contributed by atoms with Crippen LogP contribution >= 0.6 is 0 Å². The van der Waals surface area contributed by atoms with E-state index in [1.807, 2.05) is 54.6 Å². The van der Waals surface area contributed by atoms with Gasteiger partial charge in [0, 0.05) is 30.9 Å². The molecule has 0 bridgehead atoms. The zero-order valence-electron chi connectivity index (χ0n) is 21.0. The van der Waals surface area contributed by atoms with Crippen LogP contribution in [0.3, 0.4) is 0 Å². The van der Waals surface area contributed by atoms with E-state index in [0.29, 0.717) is 30.8 Å². The number of carbonyl (C=O) groups is 2. The van der Waals surface area contributed by atoms with Gasteiger partial charge in [0.2, 0.25) is 11.8 Å². The van der Waals surface area contributed by atoms with E-state index < -0.39 is 23.5 Å². The molecule has 1 aliphatic rings. The second kappa shape index (κ2) is 11.7. The minimum atomic E-state index is -4.70. The summed E-state index contributed by atoms with van der Waals surface area (Å²) in [6, 6.07) is 19.2. The number of nitrogens with zero attached hydrogens (tertiary/aromatic N) is 2. The smallest absolute Gasteiger partial charge is 0.352 e. The first kappa shape index (κ1) is 27.2. The summed E-state index contributed by atoms with van der Waals surface area (Å²) in [6.45, 7) is 2.86. The highest BCUT2D eigenvalue weighted by molar-refractivity contribution is 5.90. The summed E-state index contributed by atoms with van der Waals surface area (Å²) >= 11 is 0. The predicted octanol–water partition coefficient (Wildman–Crippen LogP) is 5.50. The van der Waals surface area contributed by atoms with Gasteiger partial charge in [-0.25, -0.2) is 4.39 Å². The van der Waals surface area contributed by atoms with Gasteiger partial charge in [-0.2, -0.15) is 13.2 Å². The molecule has 0 aromatic heterocycles. The molecule has 1 heterocycles. The van der Waals surface area contributed by atoms with E-state index in [1.54, 1.807) is 9.80 Å². The Morgan fingerprint density at radius 3 is 2.39 bits per heavy atom. The normalized spacial score (nSPS) is 15.4. The quantitative estimate of drug-likeness (QED) is 0.394. The monoisotopic (exact) mass is 527 g/mol. The summed E-state index contributed by atoms with van der Waals surface area (Å²) in [7, 11) is 0. The Kier molecular flexibility index (Phi) is 8.34. The standard InChI is InChI=1S/C29H29F4N3O2/c1-20-11-12-35(17-20)28(38)19-36(26-10-6-5-9-25(26)22-7-3-2-4-8-22)18-27(37)34-16-21-13-23(29(31,32)33)15-24(30)14-21/h2-10,13-15,20H,11-12,16-19H2,1H3,(H,34,37). The molecule has 3 aromatic rings. The van der Waals surface area contributed by atoms with Crippen molar-refractivity contribution in [3.05, 3.63) is 89.7 Å². The number of hydrogen-bond acceptors (Lipinski definition) is 3. The van der Waals surface area contributed by atoms with Gasteiger partial charge >= 0.3 is 6.18 Å². The minimum Gasteiger partial charge on any atom is -0.352 e. The Balaban J connectivity index is 1.55. The molecule has 0 radical (unpaired) electrons. The van der Waals surface area contributed by atoms with Crippen LogP contribution in [0, 0.1) is 11.7 Å². The molecule has 1 saturated heterocycles. The zero-order valence-corrected chi connectivity index (χ0v) is 21.0. The highest BCUT2D eigenvalue weighted by Crippen LogP contribution is 2.32. The number of amides is 2. The first-order chi connectivity index (χ1) is 18.1. The van der Waals surface area contributed by atoms with Gasteiger partial charge in [-0.05, 0) is 47.7 Å². The van der Waals surface area contributed by atoms with E-state index in [-0.39, 0.29) is 31.1 Å². The van der Waals surface area contributed by atoms with Crippen LogP contribution in [0.15, 0.2) is 72.8 Å². The molecule has 1 atom stereocenters. The number of likely N-dealkylation sites (tertiary alicyclic amines) is 1. The Morgan fingerprint density at radius 2 is 1.71 bits per heavy atom. The average Bonchev–Trinajstić information content (AvgIpc) is 3.33. The lowest BCUT2D eigenvalue weighted by Crippen LogP contribution is -2.44. The van der Waals surface area contributed by atoms with E-state index in [4.69, 9.17) is 0 Å². The van der Waals surface area contributed by atoms with Crippen molar-refractivity contribution in [3.63, 3.8) is 0 Å². The molecule has 9 heteroatoms. The second-order valence-corrected chi connectivity index (χ2v) is 9.60. The van der Waals surface area contributed by atoms with Crippen molar-refractivity contribution in [2.24, 2.45) is 5.92 Å². The molecule has 1 aliphatic heterocycles. The van der Waals surface area contributed by atoms with Gasteiger partial charge in [0.25, 0.3) is 0 Å². The number of anilines is 1. The number of rotatable bonds is 8. The number of alkyl halides is 3. The van der Waals surface area contributed by atoms with E-state index in [0.717, 1.165) is 29.7 Å². The summed E-state index contributed by atoms with van der Waals surface area (Å²) in [5.74, 6) is -1.24. The van der Waals surface area contributed by atoms with Crippen LogP contribution in [0.2, 0.25) is 0 Å². The van der Waals surface area contributed by atoms with Crippen molar-refractivity contribution in [1.29, 1.82) is 0 Å². The van der Waals surface area contributed by atoms with Crippen molar-refractivity contribution < 1.29 is 27.2 Å². The molecule has 1 fully saturated rings. The highest BCUT2D eigenvalue weighted by atomic mass is 19.4. The third-order valence-corrected chi connectivity index (χ3v) is 6.54. The summed E-state index contributed by atoms with van der Waals surface area (Å²) in [6.07, 6.45) is -3.79. The van der Waals surface area contributed by atoms with Crippen molar-refractivity contribution in [1.82, 2.24) is 10.2 Å². The fourth-order valence-electron chi connectivity index (χ4n) is 4.61. The largest absolute Gasteiger partial charge is 0.416 e. The summed E-state index contributed by atoms with van der Waals surface area (Å²) in [5.41, 5.74) is 1.30. The predicted molar refractivity (Wildman–Crippen MR) is 138 cm³/mol. The van der Waals surface area contributed by atoms with Crippen molar-refractivity contribution in [2.45, 2.75) is 26.1 Å². The highest BCUT2D eigenvalue weighted by Gasteiger charge is 2.31. The third kappa shape index (κ3) is 6.90. The van der Waals surface area contributed by atoms with Gasteiger partial charge in [-0.15, -0.1) is 0 Å². The second-order valence-electron chi connectivity index (χ2n) is 9.60. The zero-order chi connectivity index (χ0) is 27.3. The van der Waals surface area contributed by atoms with E-state index in [2.05, 4.69) is 12.2 Å². The Labute approximate surface area is 219 Å². The fraction of sp³-hybridized carbons (Fsp3) is 0.310. The number of hydrogen-bond donors (Lipinski definition) is 1. The van der Waals surface area contributed by atoms with E-state index in [1.165, 1.54) is 0 Å². The molecule has 38 heavy (non-hydrogen) atoms. The first-order valence-corrected chi connectivity index (χ1v) is 12.4. The van der Waals surface area contributed by atoms with Gasteiger partial charge in [0.05, 0.1) is 18.7 Å². The summed E-state index contributed by atoms with van der Waals surface area (Å²) in [4.78, 5) is 29.6. The molecule has 0 spiro atoms. The van der Waals surface area contributed by atoms with E-state index in [9.17, 15) is 27.2 Å². The lowest BCUT2D eigenvalue weighted by atomic mass is 10.0. The lowest BCUT2D eigenvalue weighted by Gasteiger charge is -2.28. The molecule has 200 valence electrons. The van der Waals surface area contributed by atoms with Crippen molar-refractivity contribution in [2.75, 3.05) is 31.1 Å². The molecular weight excluding hydrogens is 498 g/mol. The molecule has 1 N–H and O–H groups in total.